The monoisotopic (exact) mass is 362 g/mol. The topological polar surface area (TPSA) is 29.5 Å². The molecule has 1 aromatic rings. The Morgan fingerprint density at radius 2 is 1.56 bits per heavy atom. The molecule has 142 valence electrons. The van der Waals surface area contributed by atoms with Gasteiger partial charge in [0.1, 0.15) is 5.60 Å². The summed E-state index contributed by atoms with van der Waals surface area (Å²) < 4.78 is 7.13. The zero-order valence-corrected chi connectivity index (χ0v) is 18.4. The Morgan fingerprint density at radius 3 is 2.08 bits per heavy atom. The molecule has 0 spiro atoms. The van der Waals surface area contributed by atoms with Crippen LogP contribution >= 0.6 is 0 Å². The Kier molecular flexibility index (Phi) is 5.93. The fraction of sp³-hybridized carbons (Fsp3) is 0.727. The van der Waals surface area contributed by atoms with Crippen molar-refractivity contribution in [1.82, 2.24) is 0 Å². The van der Waals surface area contributed by atoms with Crippen LogP contribution in [0.5, 0.6) is 0 Å². The summed E-state index contributed by atoms with van der Waals surface area (Å²) in [5, 5.41) is 12.3. The van der Waals surface area contributed by atoms with Gasteiger partial charge in [-0.2, -0.15) is 0 Å². The van der Waals surface area contributed by atoms with Crippen molar-refractivity contribution < 1.29 is 9.53 Å². The van der Waals surface area contributed by atoms with Gasteiger partial charge < -0.3 is 9.53 Å². The molecule has 2 rings (SSSR count). The van der Waals surface area contributed by atoms with Gasteiger partial charge in [-0.15, -0.1) is 0 Å². The van der Waals surface area contributed by atoms with E-state index in [1.54, 1.807) is 0 Å². The van der Waals surface area contributed by atoms with Gasteiger partial charge in [-0.25, -0.2) is 0 Å². The van der Waals surface area contributed by atoms with Gasteiger partial charge in [0.25, 0.3) is 0 Å². The van der Waals surface area contributed by atoms with Crippen LogP contribution in [-0.2, 0) is 10.0 Å². The first-order chi connectivity index (χ1) is 11.5. The Balaban J connectivity index is 2.61. The van der Waals surface area contributed by atoms with Gasteiger partial charge in [0, 0.05) is 0 Å². The number of aliphatic hydroxyl groups is 1. The third-order valence-corrected chi connectivity index (χ3v) is 11.2. The van der Waals surface area contributed by atoms with E-state index in [-0.39, 0.29) is 11.0 Å². The van der Waals surface area contributed by atoms with Crippen molar-refractivity contribution in [3.05, 3.63) is 35.9 Å². The lowest BCUT2D eigenvalue weighted by molar-refractivity contribution is -0.176. The van der Waals surface area contributed by atoms with Gasteiger partial charge in [-0.05, 0) is 42.5 Å². The maximum atomic E-state index is 12.1. The molecule has 25 heavy (non-hydrogen) atoms. The van der Waals surface area contributed by atoms with Crippen LogP contribution in [0.25, 0.3) is 0 Å². The van der Waals surface area contributed by atoms with E-state index in [2.05, 4.69) is 59.8 Å². The zero-order valence-electron chi connectivity index (χ0n) is 17.4. The maximum absolute atomic E-state index is 12.1. The third kappa shape index (κ3) is 3.74. The van der Waals surface area contributed by atoms with Crippen LogP contribution in [0.2, 0.25) is 18.1 Å². The molecule has 0 bridgehead atoms. The summed E-state index contributed by atoms with van der Waals surface area (Å²) in [4.78, 5) is 0. The van der Waals surface area contributed by atoms with Crippen molar-refractivity contribution in [2.75, 3.05) is 0 Å². The van der Waals surface area contributed by atoms with Gasteiger partial charge in [0.2, 0.25) is 0 Å². The van der Waals surface area contributed by atoms with E-state index in [0.29, 0.717) is 0 Å². The normalized spacial score (nSPS) is 28.8. The first kappa shape index (κ1) is 20.7. The second kappa shape index (κ2) is 7.17. The van der Waals surface area contributed by atoms with Crippen LogP contribution < -0.4 is 0 Å². The fourth-order valence-corrected chi connectivity index (χ4v) is 5.82. The van der Waals surface area contributed by atoms with E-state index in [1.165, 1.54) is 6.42 Å². The van der Waals surface area contributed by atoms with E-state index >= 15 is 0 Å². The molecule has 0 amide bonds. The molecule has 0 heterocycles. The standard InChI is InChI=1S/C22H38O2Si/c1-18(2)22(24-25(6,7)20(3,4)5)17-13-9-12-16-21(22,23)19-14-10-8-11-15-19/h8,10-11,14-15,18,23H,9,12-13,16-17H2,1-7H3/t21-,22+/m0/s1. The summed E-state index contributed by atoms with van der Waals surface area (Å²) in [6, 6.07) is 10.3. The van der Waals surface area contributed by atoms with Crippen LogP contribution in [0.4, 0.5) is 0 Å². The van der Waals surface area contributed by atoms with Gasteiger partial charge in [0.05, 0.1) is 5.60 Å². The largest absolute Gasteiger partial charge is 0.408 e. The second-order valence-electron chi connectivity index (χ2n) is 9.69. The lowest BCUT2D eigenvalue weighted by atomic mass is 9.68. The van der Waals surface area contributed by atoms with Gasteiger partial charge in [-0.3, -0.25) is 0 Å². The molecule has 1 fully saturated rings. The second-order valence-corrected chi connectivity index (χ2v) is 14.4. The minimum absolute atomic E-state index is 0.124. The van der Waals surface area contributed by atoms with Crippen LogP contribution in [-0.4, -0.2) is 19.0 Å². The molecule has 1 saturated carbocycles. The highest BCUT2D eigenvalue weighted by Crippen LogP contribution is 2.53. The van der Waals surface area contributed by atoms with Gasteiger partial charge >= 0.3 is 0 Å². The highest BCUT2D eigenvalue weighted by molar-refractivity contribution is 6.74. The molecule has 2 atom stereocenters. The SMILES string of the molecule is CC(C)[C@]1(O[Si](C)(C)C(C)(C)C)CCCCC[C@]1(O)c1ccccc1. The summed E-state index contributed by atoms with van der Waals surface area (Å²) in [6.45, 7) is 15.9. The number of rotatable bonds is 4. The van der Waals surface area contributed by atoms with Crippen LogP contribution in [0.15, 0.2) is 30.3 Å². The van der Waals surface area contributed by atoms with E-state index in [1.807, 2.05) is 18.2 Å². The number of hydrogen-bond donors (Lipinski definition) is 1. The first-order valence-corrected chi connectivity index (χ1v) is 12.9. The molecule has 0 saturated heterocycles. The Hall–Kier alpha value is -0.643. The molecule has 1 N–H and O–H groups in total. The average Bonchev–Trinajstić information content (AvgIpc) is 2.68. The predicted molar refractivity (Wildman–Crippen MR) is 109 cm³/mol. The molecule has 2 nitrogen and oxygen atoms in total. The van der Waals surface area contributed by atoms with Crippen molar-refractivity contribution in [2.45, 2.75) is 96.1 Å². The molecule has 0 unspecified atom stereocenters. The minimum Gasteiger partial charge on any atom is -0.408 e. The number of hydrogen-bond acceptors (Lipinski definition) is 2. The molecule has 1 aliphatic rings. The first-order valence-electron chi connectivity index (χ1n) is 9.94. The smallest absolute Gasteiger partial charge is 0.193 e. The van der Waals surface area contributed by atoms with E-state index in [4.69, 9.17) is 4.43 Å². The van der Waals surface area contributed by atoms with E-state index < -0.39 is 19.5 Å². The maximum Gasteiger partial charge on any atom is 0.193 e. The fourth-order valence-electron chi connectivity index (χ4n) is 4.09. The molecule has 0 aromatic heterocycles. The molecular formula is C22H38O2Si. The van der Waals surface area contributed by atoms with Gasteiger partial charge in [0.15, 0.2) is 8.32 Å². The zero-order chi connectivity index (χ0) is 18.9. The highest BCUT2D eigenvalue weighted by Gasteiger charge is 2.58. The third-order valence-electron chi connectivity index (χ3n) is 6.71. The predicted octanol–water partition coefficient (Wildman–Crippen LogP) is 6.25. The van der Waals surface area contributed by atoms with Crippen LogP contribution in [0.1, 0.15) is 72.3 Å². The highest BCUT2D eigenvalue weighted by atomic mass is 28.4. The molecule has 3 heteroatoms. The summed E-state index contributed by atoms with van der Waals surface area (Å²) in [7, 11) is -2.03. The van der Waals surface area contributed by atoms with Crippen molar-refractivity contribution in [2.24, 2.45) is 5.92 Å². The van der Waals surface area contributed by atoms with Crippen molar-refractivity contribution in [3.8, 4) is 0 Å². The van der Waals surface area contributed by atoms with E-state index in [9.17, 15) is 5.11 Å². The molecule has 1 aliphatic carbocycles. The molecule has 1 aromatic carbocycles. The van der Waals surface area contributed by atoms with Crippen LogP contribution in [0.3, 0.4) is 0 Å². The van der Waals surface area contributed by atoms with Crippen molar-refractivity contribution in [1.29, 1.82) is 0 Å². The lowest BCUT2D eigenvalue weighted by Crippen LogP contribution is -2.62. The van der Waals surface area contributed by atoms with Crippen LogP contribution in [0, 0.1) is 5.92 Å². The Morgan fingerprint density at radius 1 is 1.00 bits per heavy atom. The minimum atomic E-state index is -2.03. The molecule has 0 radical (unpaired) electrons. The molecular weight excluding hydrogens is 324 g/mol. The summed E-state index contributed by atoms with van der Waals surface area (Å²) in [5.41, 5.74) is -0.424. The number of benzene rings is 1. The Labute approximate surface area is 156 Å². The summed E-state index contributed by atoms with van der Waals surface area (Å²) in [6.07, 6.45) is 5.07. The van der Waals surface area contributed by atoms with Crippen molar-refractivity contribution in [3.63, 3.8) is 0 Å². The van der Waals surface area contributed by atoms with E-state index in [0.717, 1.165) is 31.2 Å². The molecule has 0 aliphatic heterocycles. The summed E-state index contributed by atoms with van der Waals surface area (Å²) >= 11 is 0. The average molecular weight is 363 g/mol. The quantitative estimate of drug-likeness (QED) is 0.506. The summed E-state index contributed by atoms with van der Waals surface area (Å²) in [5.74, 6) is 0.255. The Bertz CT molecular complexity index is 561. The van der Waals surface area contributed by atoms with Crippen molar-refractivity contribution >= 4 is 8.32 Å². The van der Waals surface area contributed by atoms with Gasteiger partial charge in [-0.1, -0.05) is 84.2 Å². The lowest BCUT2D eigenvalue weighted by Gasteiger charge is -2.55.